The molecule has 90 valence electrons. The fraction of sp³-hybridized carbons (Fsp3) is 0.462. The number of nitrogens with two attached hydrogens (primary N) is 1. The monoisotopic (exact) mass is 232 g/mol. The molecule has 2 fully saturated rings. The largest absolute Gasteiger partial charge is 0.478 e. The Labute approximate surface area is 100 Å². The summed E-state index contributed by atoms with van der Waals surface area (Å²) in [6, 6.07) is 5.57. The van der Waals surface area contributed by atoms with Crippen LogP contribution in [0, 0.1) is 5.92 Å². The quantitative estimate of drug-likeness (QED) is 0.765. The van der Waals surface area contributed by atoms with Crippen molar-refractivity contribution in [3.8, 4) is 0 Å². The molecule has 17 heavy (non-hydrogen) atoms. The molecule has 4 nitrogen and oxygen atoms in total. The van der Waals surface area contributed by atoms with E-state index in [9.17, 15) is 9.90 Å². The van der Waals surface area contributed by atoms with Gasteiger partial charge < -0.3 is 15.7 Å². The van der Waals surface area contributed by atoms with Crippen LogP contribution in [0.2, 0.25) is 0 Å². The van der Waals surface area contributed by atoms with Crippen molar-refractivity contribution in [2.24, 2.45) is 5.92 Å². The van der Waals surface area contributed by atoms with E-state index in [0.29, 0.717) is 17.3 Å². The summed E-state index contributed by atoms with van der Waals surface area (Å²) in [5, 5.41) is 9.22. The number of hydrogen-bond donors (Lipinski definition) is 2. The standard InChI is InChI=1S/C13H16N2O2/c14-9-2-4-11(13(16)17)12(6-9)15-7-8-1-3-10(15)5-8/h2,4,6,8,10H,1,3,5,7,14H2,(H,16,17). The molecule has 0 spiro atoms. The van der Waals surface area contributed by atoms with Crippen molar-refractivity contribution < 1.29 is 9.90 Å². The van der Waals surface area contributed by atoms with Crippen LogP contribution in [0.15, 0.2) is 18.2 Å². The summed E-state index contributed by atoms with van der Waals surface area (Å²) in [5.74, 6) is -0.133. The molecule has 3 rings (SSSR count). The maximum atomic E-state index is 11.2. The average molecular weight is 232 g/mol. The van der Waals surface area contributed by atoms with E-state index in [-0.39, 0.29) is 0 Å². The van der Waals surface area contributed by atoms with E-state index in [1.54, 1.807) is 18.2 Å². The number of piperidine rings is 1. The number of anilines is 2. The molecule has 1 saturated heterocycles. The highest BCUT2D eigenvalue weighted by molar-refractivity contribution is 5.95. The van der Waals surface area contributed by atoms with Gasteiger partial charge in [-0.05, 0) is 43.4 Å². The van der Waals surface area contributed by atoms with E-state index in [0.717, 1.165) is 18.2 Å². The second kappa shape index (κ2) is 3.65. The number of carboxylic acids is 1. The SMILES string of the molecule is Nc1ccc(C(=O)O)c(N2CC3CCC2C3)c1. The van der Waals surface area contributed by atoms with Gasteiger partial charge in [-0.1, -0.05) is 0 Å². The number of benzene rings is 1. The molecule has 4 heteroatoms. The summed E-state index contributed by atoms with van der Waals surface area (Å²) in [5.41, 5.74) is 7.57. The Bertz CT molecular complexity index is 472. The van der Waals surface area contributed by atoms with Gasteiger partial charge in [-0.15, -0.1) is 0 Å². The van der Waals surface area contributed by atoms with E-state index in [1.165, 1.54) is 19.3 Å². The molecule has 2 aliphatic rings. The molecule has 2 unspecified atom stereocenters. The van der Waals surface area contributed by atoms with Crippen LogP contribution in [0.5, 0.6) is 0 Å². The lowest BCUT2D eigenvalue weighted by Crippen LogP contribution is -2.33. The van der Waals surface area contributed by atoms with Gasteiger partial charge in [-0.25, -0.2) is 4.79 Å². The number of carbonyl (C=O) groups is 1. The maximum absolute atomic E-state index is 11.2. The van der Waals surface area contributed by atoms with Crippen molar-refractivity contribution >= 4 is 17.3 Å². The third-order valence-electron chi connectivity index (χ3n) is 3.97. The number of aromatic carboxylic acids is 1. The maximum Gasteiger partial charge on any atom is 0.337 e. The lowest BCUT2D eigenvalue weighted by Gasteiger charge is -2.30. The van der Waals surface area contributed by atoms with Crippen LogP contribution in [0.1, 0.15) is 29.6 Å². The van der Waals surface area contributed by atoms with Crippen LogP contribution in [0.4, 0.5) is 11.4 Å². The minimum atomic E-state index is -0.872. The second-order valence-electron chi connectivity index (χ2n) is 5.07. The highest BCUT2D eigenvalue weighted by Gasteiger charge is 2.39. The molecule has 0 amide bonds. The molecule has 1 heterocycles. The van der Waals surface area contributed by atoms with Crippen LogP contribution in [-0.4, -0.2) is 23.7 Å². The van der Waals surface area contributed by atoms with Gasteiger partial charge >= 0.3 is 5.97 Å². The molecule has 0 radical (unpaired) electrons. The molecule has 1 aliphatic heterocycles. The predicted molar refractivity (Wildman–Crippen MR) is 66.3 cm³/mol. The van der Waals surface area contributed by atoms with Gasteiger partial charge in [0.25, 0.3) is 0 Å². The normalized spacial score (nSPS) is 26.5. The zero-order chi connectivity index (χ0) is 12.0. The summed E-state index contributed by atoms with van der Waals surface area (Å²) in [6.07, 6.45) is 3.66. The first-order valence-corrected chi connectivity index (χ1v) is 6.04. The first-order chi connectivity index (χ1) is 8.15. The van der Waals surface area contributed by atoms with Crippen molar-refractivity contribution in [2.45, 2.75) is 25.3 Å². The Morgan fingerprint density at radius 1 is 1.41 bits per heavy atom. The molecule has 0 aromatic heterocycles. The summed E-state index contributed by atoms with van der Waals surface area (Å²) < 4.78 is 0. The van der Waals surface area contributed by atoms with Gasteiger partial charge in [0.2, 0.25) is 0 Å². The Morgan fingerprint density at radius 2 is 2.24 bits per heavy atom. The summed E-state index contributed by atoms with van der Waals surface area (Å²) >= 11 is 0. The van der Waals surface area contributed by atoms with Gasteiger partial charge in [0.05, 0.1) is 11.3 Å². The van der Waals surface area contributed by atoms with Gasteiger partial charge in [-0.3, -0.25) is 0 Å². The second-order valence-corrected chi connectivity index (χ2v) is 5.07. The third-order valence-corrected chi connectivity index (χ3v) is 3.97. The zero-order valence-electron chi connectivity index (χ0n) is 9.60. The number of nitrogen functional groups attached to an aromatic ring is 1. The van der Waals surface area contributed by atoms with Crippen molar-refractivity contribution in [1.82, 2.24) is 0 Å². The van der Waals surface area contributed by atoms with Crippen LogP contribution in [0.3, 0.4) is 0 Å². The van der Waals surface area contributed by atoms with Crippen molar-refractivity contribution in [1.29, 1.82) is 0 Å². The fourth-order valence-electron chi connectivity index (χ4n) is 3.19. The van der Waals surface area contributed by atoms with Crippen molar-refractivity contribution in [3.63, 3.8) is 0 Å². The first-order valence-electron chi connectivity index (χ1n) is 6.04. The van der Waals surface area contributed by atoms with E-state index in [4.69, 9.17) is 5.73 Å². The van der Waals surface area contributed by atoms with Crippen LogP contribution >= 0.6 is 0 Å². The van der Waals surface area contributed by atoms with E-state index < -0.39 is 5.97 Å². The Balaban J connectivity index is 2.01. The minimum Gasteiger partial charge on any atom is -0.478 e. The highest BCUT2D eigenvalue weighted by Crippen LogP contribution is 2.41. The topological polar surface area (TPSA) is 66.6 Å². The van der Waals surface area contributed by atoms with Gasteiger partial charge in [0, 0.05) is 18.3 Å². The Kier molecular flexibility index (Phi) is 2.24. The summed E-state index contributed by atoms with van der Waals surface area (Å²) in [6.45, 7) is 0.981. The molecule has 2 bridgehead atoms. The van der Waals surface area contributed by atoms with Gasteiger partial charge in [0.15, 0.2) is 0 Å². The van der Waals surface area contributed by atoms with E-state index in [2.05, 4.69) is 4.90 Å². The van der Waals surface area contributed by atoms with Crippen LogP contribution in [0.25, 0.3) is 0 Å². The number of hydrogen-bond acceptors (Lipinski definition) is 3. The number of carboxylic acid groups (broad SMARTS) is 1. The smallest absolute Gasteiger partial charge is 0.337 e. The van der Waals surface area contributed by atoms with E-state index >= 15 is 0 Å². The molecule has 1 aromatic carbocycles. The third kappa shape index (κ3) is 1.64. The summed E-state index contributed by atoms with van der Waals surface area (Å²) in [7, 11) is 0. The number of fused-ring (bicyclic) bond motifs is 2. The molecule has 1 aromatic rings. The fourth-order valence-corrected chi connectivity index (χ4v) is 3.19. The highest BCUT2D eigenvalue weighted by atomic mass is 16.4. The lowest BCUT2D eigenvalue weighted by atomic mass is 10.1. The number of rotatable bonds is 2. The van der Waals surface area contributed by atoms with Gasteiger partial charge in [0.1, 0.15) is 0 Å². The van der Waals surface area contributed by atoms with Crippen LogP contribution in [-0.2, 0) is 0 Å². The lowest BCUT2D eigenvalue weighted by molar-refractivity contribution is 0.0697. The molecular formula is C13H16N2O2. The first kappa shape index (κ1) is 10.4. The Hall–Kier alpha value is -1.71. The molecule has 2 atom stereocenters. The zero-order valence-corrected chi connectivity index (χ0v) is 9.60. The van der Waals surface area contributed by atoms with Gasteiger partial charge in [-0.2, -0.15) is 0 Å². The predicted octanol–water partition coefficient (Wildman–Crippen LogP) is 1.96. The van der Waals surface area contributed by atoms with Crippen molar-refractivity contribution in [2.75, 3.05) is 17.2 Å². The Morgan fingerprint density at radius 3 is 2.82 bits per heavy atom. The molecule has 3 N–H and O–H groups in total. The van der Waals surface area contributed by atoms with E-state index in [1.807, 2.05) is 0 Å². The van der Waals surface area contributed by atoms with Crippen molar-refractivity contribution in [3.05, 3.63) is 23.8 Å². The summed E-state index contributed by atoms with van der Waals surface area (Å²) in [4.78, 5) is 13.5. The molecule has 1 saturated carbocycles. The number of nitrogens with zero attached hydrogens (tertiary/aromatic N) is 1. The van der Waals surface area contributed by atoms with Crippen LogP contribution < -0.4 is 10.6 Å². The molecular weight excluding hydrogens is 216 g/mol. The average Bonchev–Trinajstić information content (AvgIpc) is 2.90. The molecule has 1 aliphatic carbocycles. The minimum absolute atomic E-state index is 0.367.